The second-order valence-corrected chi connectivity index (χ2v) is 6.26. The van der Waals surface area contributed by atoms with E-state index in [2.05, 4.69) is 31.7 Å². The summed E-state index contributed by atoms with van der Waals surface area (Å²) in [5.74, 6) is 1.62. The Balaban J connectivity index is 1.60. The molecule has 0 bridgehead atoms. The van der Waals surface area contributed by atoms with Crippen molar-refractivity contribution < 1.29 is 5.11 Å². The van der Waals surface area contributed by atoms with E-state index in [1.807, 2.05) is 6.07 Å². The number of piperazine rings is 1. The molecule has 6 nitrogen and oxygen atoms in total. The lowest BCUT2D eigenvalue weighted by Gasteiger charge is -2.34. The molecule has 1 aromatic heterocycles. The fourth-order valence-electron chi connectivity index (χ4n) is 3.33. The van der Waals surface area contributed by atoms with Crippen molar-refractivity contribution in [2.24, 2.45) is 11.8 Å². The second kappa shape index (κ2) is 6.68. The van der Waals surface area contributed by atoms with Crippen molar-refractivity contribution in [2.75, 3.05) is 64.4 Å². The summed E-state index contributed by atoms with van der Waals surface area (Å²) in [6.07, 6.45) is 3.56. The predicted molar refractivity (Wildman–Crippen MR) is 82.2 cm³/mol. The first-order chi connectivity index (χ1) is 10.3. The highest BCUT2D eigenvalue weighted by Gasteiger charge is 2.34. The van der Waals surface area contributed by atoms with Gasteiger partial charge in [0.1, 0.15) is 0 Å². The Morgan fingerprint density at radius 1 is 1.10 bits per heavy atom. The van der Waals surface area contributed by atoms with Gasteiger partial charge in [-0.05, 0) is 19.0 Å². The number of likely N-dealkylation sites (N-methyl/N-ethyl adjacent to an activating group) is 1. The number of rotatable bonds is 4. The Labute approximate surface area is 126 Å². The molecule has 2 saturated heterocycles. The van der Waals surface area contributed by atoms with Crippen molar-refractivity contribution in [1.29, 1.82) is 0 Å². The molecule has 0 unspecified atom stereocenters. The molecule has 2 aliphatic heterocycles. The van der Waals surface area contributed by atoms with Gasteiger partial charge in [0.2, 0.25) is 5.95 Å². The monoisotopic (exact) mass is 291 g/mol. The normalized spacial score (nSPS) is 28.2. The maximum Gasteiger partial charge on any atom is 0.225 e. The summed E-state index contributed by atoms with van der Waals surface area (Å²) in [4.78, 5) is 15.8. The molecule has 0 radical (unpaired) electrons. The van der Waals surface area contributed by atoms with Gasteiger partial charge < -0.3 is 19.8 Å². The van der Waals surface area contributed by atoms with Gasteiger partial charge in [-0.2, -0.15) is 0 Å². The van der Waals surface area contributed by atoms with Crippen LogP contribution in [0, 0.1) is 11.8 Å². The average Bonchev–Trinajstić information content (AvgIpc) is 2.93. The molecule has 3 rings (SSSR count). The van der Waals surface area contributed by atoms with E-state index in [1.54, 1.807) is 12.4 Å². The smallest absolute Gasteiger partial charge is 0.225 e. The zero-order valence-corrected chi connectivity index (χ0v) is 12.7. The summed E-state index contributed by atoms with van der Waals surface area (Å²) in [7, 11) is 2.18. The Morgan fingerprint density at radius 3 is 2.43 bits per heavy atom. The first-order valence-electron chi connectivity index (χ1n) is 7.80. The molecule has 0 amide bonds. The van der Waals surface area contributed by atoms with Gasteiger partial charge in [-0.1, -0.05) is 0 Å². The fraction of sp³-hybridized carbons (Fsp3) is 0.733. The van der Waals surface area contributed by atoms with E-state index < -0.39 is 0 Å². The number of nitrogens with zero attached hydrogens (tertiary/aromatic N) is 5. The van der Waals surface area contributed by atoms with Crippen LogP contribution in [-0.2, 0) is 0 Å². The molecule has 116 valence electrons. The van der Waals surface area contributed by atoms with Gasteiger partial charge in [0.15, 0.2) is 0 Å². The van der Waals surface area contributed by atoms with Crippen molar-refractivity contribution in [1.82, 2.24) is 19.8 Å². The predicted octanol–water partition coefficient (Wildman–Crippen LogP) is -0.231. The summed E-state index contributed by atoms with van der Waals surface area (Å²) < 4.78 is 0. The summed E-state index contributed by atoms with van der Waals surface area (Å²) in [5.41, 5.74) is 0. The van der Waals surface area contributed by atoms with Crippen LogP contribution in [-0.4, -0.2) is 84.3 Å². The summed E-state index contributed by atoms with van der Waals surface area (Å²) in [6, 6.07) is 1.84. The van der Waals surface area contributed by atoms with Crippen molar-refractivity contribution >= 4 is 5.95 Å². The van der Waals surface area contributed by atoms with E-state index in [1.165, 1.54) is 0 Å². The van der Waals surface area contributed by atoms with Crippen LogP contribution in [0.2, 0.25) is 0 Å². The van der Waals surface area contributed by atoms with Crippen LogP contribution in [0.15, 0.2) is 18.5 Å². The summed E-state index contributed by atoms with van der Waals surface area (Å²) >= 11 is 0. The van der Waals surface area contributed by atoms with Crippen LogP contribution >= 0.6 is 0 Å². The van der Waals surface area contributed by atoms with E-state index in [-0.39, 0.29) is 6.61 Å². The molecule has 2 fully saturated rings. The van der Waals surface area contributed by atoms with Gasteiger partial charge >= 0.3 is 0 Å². The molecule has 1 N–H and O–H groups in total. The Morgan fingerprint density at radius 2 is 1.76 bits per heavy atom. The second-order valence-electron chi connectivity index (χ2n) is 6.26. The number of anilines is 1. The van der Waals surface area contributed by atoms with E-state index >= 15 is 0 Å². The first kappa shape index (κ1) is 14.7. The van der Waals surface area contributed by atoms with Crippen molar-refractivity contribution in [3.8, 4) is 0 Å². The van der Waals surface area contributed by atoms with Crippen molar-refractivity contribution in [3.63, 3.8) is 0 Å². The number of aromatic nitrogens is 2. The third-order valence-electron chi connectivity index (χ3n) is 4.73. The van der Waals surface area contributed by atoms with Crippen molar-refractivity contribution in [2.45, 2.75) is 0 Å². The molecule has 1 aromatic rings. The zero-order chi connectivity index (χ0) is 14.7. The number of hydrogen-bond acceptors (Lipinski definition) is 6. The minimum atomic E-state index is 0.252. The van der Waals surface area contributed by atoms with Crippen LogP contribution in [0.5, 0.6) is 0 Å². The van der Waals surface area contributed by atoms with Crippen LogP contribution in [0.3, 0.4) is 0 Å². The highest BCUT2D eigenvalue weighted by molar-refractivity contribution is 5.31. The molecule has 3 heterocycles. The van der Waals surface area contributed by atoms with E-state index in [0.717, 1.165) is 51.8 Å². The lowest BCUT2D eigenvalue weighted by atomic mass is 9.96. The van der Waals surface area contributed by atoms with E-state index in [0.29, 0.717) is 11.8 Å². The number of aliphatic hydroxyl groups excluding tert-OH is 1. The minimum Gasteiger partial charge on any atom is -0.396 e. The molecule has 0 aromatic carbocycles. The van der Waals surface area contributed by atoms with E-state index in [4.69, 9.17) is 0 Å². The third-order valence-corrected chi connectivity index (χ3v) is 4.73. The molecule has 2 aliphatic rings. The quantitative estimate of drug-likeness (QED) is 0.827. The molecule has 6 heteroatoms. The van der Waals surface area contributed by atoms with Gasteiger partial charge in [-0.3, -0.25) is 0 Å². The lowest BCUT2D eigenvalue weighted by Crippen LogP contribution is -2.47. The third kappa shape index (κ3) is 3.51. The van der Waals surface area contributed by atoms with E-state index in [9.17, 15) is 5.11 Å². The molecular formula is C15H25N5O. The molecule has 2 atom stereocenters. The van der Waals surface area contributed by atoms with Gasteiger partial charge in [-0.25, -0.2) is 9.97 Å². The largest absolute Gasteiger partial charge is 0.396 e. The van der Waals surface area contributed by atoms with Gasteiger partial charge in [0, 0.05) is 70.7 Å². The lowest BCUT2D eigenvalue weighted by molar-refractivity contribution is 0.116. The van der Waals surface area contributed by atoms with Crippen LogP contribution in [0.1, 0.15) is 0 Å². The molecule has 0 saturated carbocycles. The van der Waals surface area contributed by atoms with Gasteiger partial charge in [0.25, 0.3) is 0 Å². The fourth-order valence-corrected chi connectivity index (χ4v) is 3.33. The Kier molecular flexibility index (Phi) is 4.67. The minimum absolute atomic E-state index is 0.252. The molecular weight excluding hydrogens is 266 g/mol. The average molecular weight is 291 g/mol. The molecule has 21 heavy (non-hydrogen) atoms. The highest BCUT2D eigenvalue weighted by Crippen LogP contribution is 2.26. The summed E-state index contributed by atoms with van der Waals surface area (Å²) in [5, 5.41) is 9.68. The Bertz CT molecular complexity index is 435. The maximum absolute atomic E-state index is 9.68. The van der Waals surface area contributed by atoms with Crippen LogP contribution in [0.25, 0.3) is 0 Å². The number of aliphatic hydroxyl groups is 1. The number of hydrogen-bond donors (Lipinski definition) is 1. The van der Waals surface area contributed by atoms with Gasteiger partial charge in [-0.15, -0.1) is 0 Å². The maximum atomic E-state index is 9.68. The molecule has 0 spiro atoms. The standard InChI is InChI=1S/C15H25N5O/c1-18-5-7-19(8-6-18)9-13-10-20(11-14(13)12-21)15-16-3-2-4-17-15/h2-4,13-14,21H,5-12H2,1H3/t13-,14-/m1/s1. The van der Waals surface area contributed by atoms with Crippen LogP contribution in [0.4, 0.5) is 5.95 Å². The topological polar surface area (TPSA) is 55.7 Å². The highest BCUT2D eigenvalue weighted by atomic mass is 16.3. The van der Waals surface area contributed by atoms with Gasteiger partial charge in [0.05, 0.1) is 0 Å². The summed E-state index contributed by atoms with van der Waals surface area (Å²) in [6.45, 7) is 7.68. The zero-order valence-electron chi connectivity index (χ0n) is 12.7. The molecule has 0 aliphatic carbocycles. The Hall–Kier alpha value is -1.24. The first-order valence-corrected chi connectivity index (χ1v) is 7.80. The SMILES string of the molecule is CN1CCN(C[C@@H]2CN(c3ncccn3)C[C@@H]2CO)CC1. The van der Waals surface area contributed by atoms with Crippen LogP contribution < -0.4 is 4.90 Å². The van der Waals surface area contributed by atoms with Crippen molar-refractivity contribution in [3.05, 3.63) is 18.5 Å².